The van der Waals surface area contributed by atoms with E-state index < -0.39 is 5.60 Å². The molecule has 1 saturated heterocycles. The Labute approximate surface area is 173 Å². The molecule has 0 saturated carbocycles. The highest BCUT2D eigenvalue weighted by Crippen LogP contribution is 2.35. The molecule has 5 nitrogen and oxygen atoms in total. The molecule has 0 spiro atoms. The predicted molar refractivity (Wildman–Crippen MR) is 114 cm³/mol. The molecule has 0 radical (unpaired) electrons. The van der Waals surface area contributed by atoms with Crippen LogP contribution in [0.15, 0.2) is 54.6 Å². The molecule has 1 amide bonds. The first-order chi connectivity index (χ1) is 14.0. The smallest absolute Gasteiger partial charge is 0.236 e. The molecule has 2 heterocycles. The fourth-order valence-corrected chi connectivity index (χ4v) is 4.78. The Morgan fingerprint density at radius 1 is 1.07 bits per heavy atom. The second-order valence-electron chi connectivity index (χ2n) is 8.59. The van der Waals surface area contributed by atoms with Crippen molar-refractivity contribution in [2.45, 2.75) is 31.0 Å². The lowest BCUT2D eigenvalue weighted by atomic mass is 9.80. The van der Waals surface area contributed by atoms with Crippen LogP contribution in [0, 0.1) is 0 Å². The van der Waals surface area contributed by atoms with Crippen molar-refractivity contribution in [1.82, 2.24) is 14.7 Å². The van der Waals surface area contributed by atoms with E-state index in [1.807, 2.05) is 54.2 Å². The number of carbonyl (C=O) groups excluding carboxylic acids is 1. The number of fused-ring (bicyclic) bond motifs is 1. The van der Waals surface area contributed by atoms with Crippen molar-refractivity contribution in [3.63, 3.8) is 0 Å². The third-order valence-electron chi connectivity index (χ3n) is 6.53. The highest BCUT2D eigenvalue weighted by atomic mass is 16.3. The Bertz CT molecular complexity index is 854. The van der Waals surface area contributed by atoms with Gasteiger partial charge in [0.1, 0.15) is 5.60 Å². The SMILES string of the molecule is CN(C)[C@@H]1CN(C(=O)CN2CCc3ccccc3C2)CC[C@]1(O)c1ccccc1. The van der Waals surface area contributed by atoms with E-state index in [9.17, 15) is 9.90 Å². The second-order valence-corrected chi connectivity index (χ2v) is 8.59. The van der Waals surface area contributed by atoms with E-state index in [1.54, 1.807) is 0 Å². The number of amides is 1. The van der Waals surface area contributed by atoms with E-state index >= 15 is 0 Å². The molecule has 2 aromatic rings. The zero-order chi connectivity index (χ0) is 20.4. The lowest BCUT2D eigenvalue weighted by Gasteiger charge is -2.48. The van der Waals surface area contributed by atoms with Crippen LogP contribution < -0.4 is 0 Å². The maximum atomic E-state index is 13.1. The summed E-state index contributed by atoms with van der Waals surface area (Å²) in [5, 5.41) is 11.5. The quantitative estimate of drug-likeness (QED) is 0.864. The Kier molecular flexibility index (Phi) is 5.72. The first-order valence-electron chi connectivity index (χ1n) is 10.5. The first-order valence-corrected chi connectivity index (χ1v) is 10.5. The van der Waals surface area contributed by atoms with Gasteiger partial charge in [0.2, 0.25) is 5.91 Å². The summed E-state index contributed by atoms with van der Waals surface area (Å²) < 4.78 is 0. The van der Waals surface area contributed by atoms with Gasteiger partial charge < -0.3 is 14.9 Å². The van der Waals surface area contributed by atoms with Crippen LogP contribution >= 0.6 is 0 Å². The molecule has 154 valence electrons. The van der Waals surface area contributed by atoms with E-state index in [0.29, 0.717) is 26.1 Å². The molecule has 2 aliphatic heterocycles. The van der Waals surface area contributed by atoms with Crippen LogP contribution in [0.5, 0.6) is 0 Å². The van der Waals surface area contributed by atoms with Gasteiger partial charge in [-0.15, -0.1) is 0 Å². The number of likely N-dealkylation sites (N-methyl/N-ethyl adjacent to an activating group) is 1. The first kappa shape index (κ1) is 20.1. The molecular weight excluding hydrogens is 362 g/mol. The maximum absolute atomic E-state index is 13.1. The number of benzene rings is 2. The van der Waals surface area contributed by atoms with Gasteiger partial charge in [0.15, 0.2) is 0 Å². The fourth-order valence-electron chi connectivity index (χ4n) is 4.78. The maximum Gasteiger partial charge on any atom is 0.236 e. The van der Waals surface area contributed by atoms with E-state index in [1.165, 1.54) is 11.1 Å². The minimum Gasteiger partial charge on any atom is -0.383 e. The third kappa shape index (κ3) is 4.08. The van der Waals surface area contributed by atoms with Crippen molar-refractivity contribution in [3.05, 3.63) is 71.3 Å². The third-order valence-corrected chi connectivity index (χ3v) is 6.53. The molecule has 2 aliphatic rings. The van der Waals surface area contributed by atoms with Crippen LogP contribution in [-0.4, -0.2) is 72.0 Å². The normalized spacial score (nSPS) is 25.1. The van der Waals surface area contributed by atoms with Crippen molar-refractivity contribution in [1.29, 1.82) is 0 Å². The zero-order valence-corrected chi connectivity index (χ0v) is 17.4. The van der Waals surface area contributed by atoms with Crippen molar-refractivity contribution >= 4 is 5.91 Å². The van der Waals surface area contributed by atoms with Crippen LogP contribution in [0.2, 0.25) is 0 Å². The molecule has 0 aliphatic carbocycles. The summed E-state index contributed by atoms with van der Waals surface area (Å²) >= 11 is 0. The lowest BCUT2D eigenvalue weighted by molar-refractivity contribution is -0.143. The van der Waals surface area contributed by atoms with Gasteiger partial charge in [0.25, 0.3) is 0 Å². The molecule has 0 unspecified atom stereocenters. The van der Waals surface area contributed by atoms with Crippen molar-refractivity contribution in [2.24, 2.45) is 0 Å². The monoisotopic (exact) mass is 393 g/mol. The predicted octanol–water partition coefficient (Wildman–Crippen LogP) is 2.09. The van der Waals surface area contributed by atoms with Gasteiger partial charge in [-0.05, 0) is 43.6 Å². The van der Waals surface area contributed by atoms with E-state index in [0.717, 1.165) is 25.1 Å². The van der Waals surface area contributed by atoms with Crippen LogP contribution in [0.3, 0.4) is 0 Å². The van der Waals surface area contributed by atoms with Gasteiger partial charge in [-0.1, -0.05) is 54.6 Å². The van der Waals surface area contributed by atoms with E-state index in [4.69, 9.17) is 0 Å². The number of piperidine rings is 1. The number of rotatable bonds is 4. The van der Waals surface area contributed by atoms with Crippen LogP contribution in [0.1, 0.15) is 23.1 Å². The van der Waals surface area contributed by atoms with Crippen molar-refractivity contribution in [3.8, 4) is 0 Å². The Hall–Kier alpha value is -2.21. The fraction of sp³-hybridized carbons (Fsp3) is 0.458. The minimum absolute atomic E-state index is 0.135. The van der Waals surface area contributed by atoms with Gasteiger partial charge in [0.05, 0.1) is 12.6 Å². The van der Waals surface area contributed by atoms with Crippen LogP contribution in [-0.2, 0) is 23.4 Å². The van der Waals surface area contributed by atoms with Gasteiger partial charge in [-0.3, -0.25) is 9.69 Å². The molecule has 0 bridgehead atoms. The number of nitrogens with zero attached hydrogens (tertiary/aromatic N) is 3. The molecule has 0 aromatic heterocycles. The highest BCUT2D eigenvalue weighted by molar-refractivity contribution is 5.78. The molecule has 4 rings (SSSR count). The van der Waals surface area contributed by atoms with Crippen molar-refractivity contribution < 1.29 is 9.90 Å². The number of carbonyl (C=O) groups is 1. The number of likely N-dealkylation sites (tertiary alicyclic amines) is 1. The van der Waals surface area contributed by atoms with Crippen LogP contribution in [0.4, 0.5) is 0 Å². The lowest BCUT2D eigenvalue weighted by Crippen LogP contribution is -2.61. The van der Waals surface area contributed by atoms with Gasteiger partial charge in [-0.2, -0.15) is 0 Å². The average molecular weight is 394 g/mol. The molecule has 2 aromatic carbocycles. The Morgan fingerprint density at radius 2 is 1.76 bits per heavy atom. The van der Waals surface area contributed by atoms with E-state index in [2.05, 4.69) is 29.2 Å². The highest BCUT2D eigenvalue weighted by Gasteiger charge is 2.45. The van der Waals surface area contributed by atoms with E-state index in [-0.39, 0.29) is 11.9 Å². The molecule has 29 heavy (non-hydrogen) atoms. The molecule has 5 heteroatoms. The summed E-state index contributed by atoms with van der Waals surface area (Å²) in [6, 6.07) is 18.2. The molecule has 2 atom stereocenters. The summed E-state index contributed by atoms with van der Waals surface area (Å²) in [5.41, 5.74) is 2.72. The topological polar surface area (TPSA) is 47.0 Å². The van der Waals surface area contributed by atoms with Gasteiger partial charge in [-0.25, -0.2) is 0 Å². The molecular formula is C24H31N3O2. The van der Waals surface area contributed by atoms with Crippen LogP contribution in [0.25, 0.3) is 0 Å². The standard InChI is InChI=1S/C24H31N3O2/c1-25(2)22-17-27(15-13-24(22,29)21-10-4-3-5-11-21)23(28)18-26-14-12-19-8-6-7-9-20(19)16-26/h3-11,22,29H,12-18H2,1-2H3/t22-,24+/m1/s1. The summed E-state index contributed by atoms with van der Waals surface area (Å²) in [4.78, 5) is 19.3. The number of hydrogen-bond donors (Lipinski definition) is 1. The van der Waals surface area contributed by atoms with Gasteiger partial charge in [0, 0.05) is 26.2 Å². The second kappa shape index (κ2) is 8.27. The summed E-state index contributed by atoms with van der Waals surface area (Å²) in [7, 11) is 3.96. The van der Waals surface area contributed by atoms with Crippen molar-refractivity contribution in [2.75, 3.05) is 40.3 Å². The summed E-state index contributed by atoms with van der Waals surface area (Å²) in [6.07, 6.45) is 1.55. The molecule has 1 fully saturated rings. The largest absolute Gasteiger partial charge is 0.383 e. The summed E-state index contributed by atoms with van der Waals surface area (Å²) in [5.74, 6) is 0.159. The number of hydrogen-bond acceptors (Lipinski definition) is 4. The zero-order valence-electron chi connectivity index (χ0n) is 17.4. The Balaban J connectivity index is 1.43. The Morgan fingerprint density at radius 3 is 2.48 bits per heavy atom. The summed E-state index contributed by atoms with van der Waals surface area (Å²) in [6.45, 7) is 3.32. The number of aliphatic hydroxyl groups is 1. The minimum atomic E-state index is -0.939. The molecule has 1 N–H and O–H groups in total. The average Bonchev–Trinajstić information content (AvgIpc) is 2.74. The van der Waals surface area contributed by atoms with Gasteiger partial charge >= 0.3 is 0 Å².